The first kappa shape index (κ1) is 14.1. The molecular weight excluding hydrogens is 309 g/mol. The van der Waals surface area contributed by atoms with Crippen molar-refractivity contribution in [3.63, 3.8) is 0 Å². The van der Waals surface area contributed by atoms with Crippen molar-refractivity contribution in [3.05, 3.63) is 51.2 Å². The molecule has 0 fully saturated rings. The van der Waals surface area contributed by atoms with Gasteiger partial charge in [0.15, 0.2) is 0 Å². The van der Waals surface area contributed by atoms with E-state index < -0.39 is 5.97 Å². The fraction of sp³-hybridized carbons (Fsp3) is 0.0769. The standard InChI is InChI=1S/C13H8Cl3NO2/c14-10-4-3-9(12(15)13(10)16)7-1-2-8(17-6-7)5-11(18)19/h1-4,6H,5H2,(H,18,19). The third kappa shape index (κ3) is 3.18. The fourth-order valence-corrected chi connectivity index (χ4v) is 2.24. The molecule has 0 amide bonds. The second-order valence-electron chi connectivity index (χ2n) is 3.83. The van der Waals surface area contributed by atoms with Crippen molar-refractivity contribution in [3.8, 4) is 11.1 Å². The number of benzene rings is 1. The van der Waals surface area contributed by atoms with Crippen LogP contribution >= 0.6 is 34.8 Å². The molecule has 0 aliphatic carbocycles. The zero-order chi connectivity index (χ0) is 14.0. The summed E-state index contributed by atoms with van der Waals surface area (Å²) in [6, 6.07) is 6.78. The molecule has 1 aromatic carbocycles. The number of carbonyl (C=O) groups is 1. The quantitative estimate of drug-likeness (QED) is 0.857. The zero-order valence-electron chi connectivity index (χ0n) is 9.53. The lowest BCUT2D eigenvalue weighted by molar-refractivity contribution is -0.136. The van der Waals surface area contributed by atoms with Gasteiger partial charge in [0.05, 0.1) is 27.2 Å². The zero-order valence-corrected chi connectivity index (χ0v) is 11.8. The van der Waals surface area contributed by atoms with E-state index in [9.17, 15) is 4.79 Å². The van der Waals surface area contributed by atoms with E-state index in [1.807, 2.05) is 0 Å². The molecule has 1 N–H and O–H groups in total. The third-order valence-electron chi connectivity index (χ3n) is 2.50. The Bertz CT molecular complexity index is 627. The smallest absolute Gasteiger partial charge is 0.309 e. The van der Waals surface area contributed by atoms with Crippen LogP contribution in [-0.4, -0.2) is 16.1 Å². The van der Waals surface area contributed by atoms with Crippen LogP contribution in [0.2, 0.25) is 15.1 Å². The summed E-state index contributed by atoms with van der Waals surface area (Å²) in [4.78, 5) is 14.6. The second kappa shape index (κ2) is 5.78. The summed E-state index contributed by atoms with van der Waals surface area (Å²) in [7, 11) is 0. The van der Waals surface area contributed by atoms with Gasteiger partial charge in [0.2, 0.25) is 0 Å². The van der Waals surface area contributed by atoms with Crippen molar-refractivity contribution in [1.29, 1.82) is 0 Å². The monoisotopic (exact) mass is 315 g/mol. The molecule has 1 aromatic heterocycles. The second-order valence-corrected chi connectivity index (χ2v) is 4.99. The van der Waals surface area contributed by atoms with Gasteiger partial charge in [-0.3, -0.25) is 9.78 Å². The number of hydrogen-bond donors (Lipinski definition) is 1. The summed E-state index contributed by atoms with van der Waals surface area (Å²) in [5.74, 6) is -0.923. The number of rotatable bonds is 3. The molecule has 2 aromatic rings. The van der Waals surface area contributed by atoms with Gasteiger partial charge in [0, 0.05) is 17.3 Å². The molecule has 2 rings (SSSR count). The van der Waals surface area contributed by atoms with Crippen molar-refractivity contribution < 1.29 is 9.90 Å². The average Bonchev–Trinajstić information content (AvgIpc) is 2.37. The van der Waals surface area contributed by atoms with E-state index in [0.717, 1.165) is 5.56 Å². The van der Waals surface area contributed by atoms with Gasteiger partial charge in [0.1, 0.15) is 0 Å². The molecule has 0 unspecified atom stereocenters. The van der Waals surface area contributed by atoms with Crippen LogP contribution in [0.25, 0.3) is 11.1 Å². The molecule has 0 aliphatic rings. The Morgan fingerprint density at radius 3 is 2.42 bits per heavy atom. The minimum absolute atomic E-state index is 0.116. The number of aromatic nitrogens is 1. The highest BCUT2D eigenvalue weighted by atomic mass is 35.5. The minimum Gasteiger partial charge on any atom is -0.481 e. The van der Waals surface area contributed by atoms with E-state index in [-0.39, 0.29) is 11.4 Å². The van der Waals surface area contributed by atoms with Gasteiger partial charge in [0.25, 0.3) is 0 Å². The predicted molar refractivity (Wildman–Crippen MR) is 76.0 cm³/mol. The van der Waals surface area contributed by atoms with Crippen LogP contribution < -0.4 is 0 Å². The van der Waals surface area contributed by atoms with Gasteiger partial charge in [-0.1, -0.05) is 46.9 Å². The molecule has 98 valence electrons. The molecule has 0 radical (unpaired) electrons. The molecular formula is C13H8Cl3NO2. The highest BCUT2D eigenvalue weighted by Crippen LogP contribution is 2.37. The molecule has 0 spiro atoms. The normalized spacial score (nSPS) is 10.5. The molecule has 3 nitrogen and oxygen atoms in total. The van der Waals surface area contributed by atoms with Gasteiger partial charge in [-0.2, -0.15) is 0 Å². The van der Waals surface area contributed by atoms with Crippen LogP contribution in [0.1, 0.15) is 5.69 Å². The van der Waals surface area contributed by atoms with Gasteiger partial charge >= 0.3 is 5.97 Å². The number of carboxylic acids is 1. The lowest BCUT2D eigenvalue weighted by Gasteiger charge is -2.07. The summed E-state index contributed by atoms with van der Waals surface area (Å²) in [6.45, 7) is 0. The first-order chi connectivity index (χ1) is 8.99. The highest BCUT2D eigenvalue weighted by Gasteiger charge is 2.11. The molecule has 0 saturated heterocycles. The summed E-state index contributed by atoms with van der Waals surface area (Å²) in [5, 5.41) is 9.69. The van der Waals surface area contributed by atoms with Crippen molar-refractivity contribution in [2.24, 2.45) is 0 Å². The Balaban J connectivity index is 2.37. The van der Waals surface area contributed by atoms with Gasteiger partial charge < -0.3 is 5.11 Å². The van der Waals surface area contributed by atoms with Crippen LogP contribution in [0.5, 0.6) is 0 Å². The van der Waals surface area contributed by atoms with E-state index in [2.05, 4.69) is 4.98 Å². The van der Waals surface area contributed by atoms with Crippen LogP contribution in [-0.2, 0) is 11.2 Å². The first-order valence-corrected chi connectivity index (χ1v) is 6.43. The maximum absolute atomic E-state index is 10.6. The average molecular weight is 317 g/mol. The van der Waals surface area contributed by atoms with Crippen molar-refractivity contribution in [2.45, 2.75) is 6.42 Å². The van der Waals surface area contributed by atoms with Crippen molar-refractivity contribution in [1.82, 2.24) is 4.98 Å². The molecule has 0 atom stereocenters. The Hall–Kier alpha value is -1.29. The number of carboxylic acid groups (broad SMARTS) is 1. The van der Waals surface area contributed by atoms with E-state index >= 15 is 0 Å². The van der Waals surface area contributed by atoms with Crippen LogP contribution in [0.3, 0.4) is 0 Å². The molecule has 19 heavy (non-hydrogen) atoms. The van der Waals surface area contributed by atoms with Crippen LogP contribution in [0.15, 0.2) is 30.5 Å². The molecule has 0 saturated carbocycles. The Kier molecular flexibility index (Phi) is 4.30. The summed E-state index contributed by atoms with van der Waals surface area (Å²) in [6.07, 6.45) is 1.44. The van der Waals surface area contributed by atoms with Gasteiger partial charge in [-0.05, 0) is 12.1 Å². The number of halogens is 3. The maximum Gasteiger partial charge on any atom is 0.309 e. The van der Waals surface area contributed by atoms with Crippen LogP contribution in [0.4, 0.5) is 0 Å². The molecule has 6 heteroatoms. The van der Waals surface area contributed by atoms with Crippen molar-refractivity contribution >= 4 is 40.8 Å². The number of pyridine rings is 1. The van der Waals surface area contributed by atoms with Crippen LogP contribution in [0, 0.1) is 0 Å². The Labute approximate surface area is 124 Å². The lowest BCUT2D eigenvalue weighted by atomic mass is 10.1. The van der Waals surface area contributed by atoms with E-state index in [4.69, 9.17) is 39.9 Å². The molecule has 0 aliphatic heterocycles. The minimum atomic E-state index is -0.923. The van der Waals surface area contributed by atoms with Gasteiger partial charge in [-0.15, -0.1) is 0 Å². The summed E-state index contributed by atoms with van der Waals surface area (Å²) < 4.78 is 0. The lowest BCUT2D eigenvalue weighted by Crippen LogP contribution is -2.01. The topological polar surface area (TPSA) is 50.2 Å². The number of aliphatic carboxylic acids is 1. The van der Waals surface area contributed by atoms with E-state index in [0.29, 0.717) is 21.3 Å². The van der Waals surface area contributed by atoms with Gasteiger partial charge in [-0.25, -0.2) is 0 Å². The maximum atomic E-state index is 10.6. The Morgan fingerprint density at radius 2 is 1.84 bits per heavy atom. The SMILES string of the molecule is O=C(O)Cc1ccc(-c2ccc(Cl)c(Cl)c2Cl)cn1. The number of hydrogen-bond acceptors (Lipinski definition) is 2. The summed E-state index contributed by atoms with van der Waals surface area (Å²) in [5.41, 5.74) is 1.93. The Morgan fingerprint density at radius 1 is 1.11 bits per heavy atom. The molecule has 1 heterocycles. The number of nitrogens with zero attached hydrogens (tertiary/aromatic N) is 1. The first-order valence-electron chi connectivity index (χ1n) is 5.29. The third-order valence-corrected chi connectivity index (χ3v) is 3.80. The van der Waals surface area contributed by atoms with E-state index in [1.54, 1.807) is 30.5 Å². The largest absolute Gasteiger partial charge is 0.481 e. The highest BCUT2D eigenvalue weighted by molar-refractivity contribution is 6.49. The fourth-order valence-electron chi connectivity index (χ4n) is 1.59. The van der Waals surface area contributed by atoms with E-state index in [1.165, 1.54) is 0 Å². The predicted octanol–water partition coefficient (Wildman–Crippen LogP) is 4.34. The molecule has 0 bridgehead atoms. The van der Waals surface area contributed by atoms with Crippen molar-refractivity contribution in [2.75, 3.05) is 0 Å². The summed E-state index contributed by atoms with van der Waals surface area (Å²) >= 11 is 17.9.